The molecule has 0 aliphatic carbocycles. The van der Waals surface area contributed by atoms with Crippen LogP contribution in [0.15, 0.2) is 24.3 Å². The van der Waals surface area contributed by atoms with Gasteiger partial charge in [0.05, 0.1) is 0 Å². The number of nitrogens with zero attached hydrogens (tertiary/aromatic N) is 1. The summed E-state index contributed by atoms with van der Waals surface area (Å²) in [6, 6.07) is 9.07. The fourth-order valence-electron chi connectivity index (χ4n) is 2.95. The lowest BCUT2D eigenvalue weighted by molar-refractivity contribution is 0.284. The SMILES string of the molecule is CC(C)(C)c1ccc(CNCCN2CCCCCC2)cc1.Cl.Cl. The molecule has 1 aromatic carbocycles. The van der Waals surface area contributed by atoms with E-state index in [0.717, 1.165) is 13.1 Å². The maximum absolute atomic E-state index is 3.59. The van der Waals surface area contributed by atoms with E-state index in [9.17, 15) is 0 Å². The Morgan fingerprint density at radius 2 is 1.48 bits per heavy atom. The van der Waals surface area contributed by atoms with E-state index in [1.54, 1.807) is 0 Å². The van der Waals surface area contributed by atoms with Gasteiger partial charge in [-0.2, -0.15) is 0 Å². The van der Waals surface area contributed by atoms with Gasteiger partial charge >= 0.3 is 0 Å². The van der Waals surface area contributed by atoms with E-state index in [2.05, 4.69) is 55.3 Å². The van der Waals surface area contributed by atoms with Crippen LogP contribution in [0.2, 0.25) is 0 Å². The minimum Gasteiger partial charge on any atom is -0.311 e. The van der Waals surface area contributed by atoms with Crippen molar-refractivity contribution in [3.63, 3.8) is 0 Å². The van der Waals surface area contributed by atoms with Crippen LogP contribution in [0, 0.1) is 0 Å². The molecule has 0 unspecified atom stereocenters. The predicted octanol–water partition coefficient (Wildman–Crippen LogP) is 4.79. The van der Waals surface area contributed by atoms with Crippen molar-refractivity contribution < 1.29 is 0 Å². The Balaban J connectivity index is 0.00000242. The molecule has 0 amide bonds. The highest BCUT2D eigenvalue weighted by atomic mass is 35.5. The summed E-state index contributed by atoms with van der Waals surface area (Å²) in [5, 5.41) is 3.59. The van der Waals surface area contributed by atoms with E-state index in [4.69, 9.17) is 0 Å². The highest BCUT2D eigenvalue weighted by Crippen LogP contribution is 2.22. The number of likely N-dealkylation sites (tertiary alicyclic amines) is 1. The summed E-state index contributed by atoms with van der Waals surface area (Å²) in [6.45, 7) is 12.7. The van der Waals surface area contributed by atoms with Gasteiger partial charge in [0.2, 0.25) is 0 Å². The molecule has 0 atom stereocenters. The molecule has 134 valence electrons. The first kappa shape index (κ1) is 22.7. The third-order valence-electron chi connectivity index (χ3n) is 4.45. The van der Waals surface area contributed by atoms with Crippen LogP contribution in [-0.2, 0) is 12.0 Å². The second kappa shape index (κ2) is 11.3. The molecular formula is C19H34Cl2N2. The van der Waals surface area contributed by atoms with Gasteiger partial charge in [0.1, 0.15) is 0 Å². The maximum atomic E-state index is 3.59. The molecule has 2 rings (SSSR count). The Morgan fingerprint density at radius 1 is 0.913 bits per heavy atom. The summed E-state index contributed by atoms with van der Waals surface area (Å²) < 4.78 is 0. The van der Waals surface area contributed by atoms with Crippen molar-refractivity contribution in [2.45, 2.75) is 58.4 Å². The molecule has 0 spiro atoms. The average Bonchev–Trinajstić information content (AvgIpc) is 2.72. The van der Waals surface area contributed by atoms with Crippen molar-refractivity contribution in [1.29, 1.82) is 0 Å². The van der Waals surface area contributed by atoms with Gasteiger partial charge in [-0.15, -0.1) is 24.8 Å². The molecule has 1 fully saturated rings. The smallest absolute Gasteiger partial charge is 0.0206 e. The first-order valence-corrected chi connectivity index (χ1v) is 8.58. The molecule has 0 saturated carbocycles. The molecule has 1 aliphatic rings. The van der Waals surface area contributed by atoms with Gasteiger partial charge in [0.25, 0.3) is 0 Å². The number of rotatable bonds is 5. The van der Waals surface area contributed by atoms with E-state index in [1.165, 1.54) is 56.4 Å². The lowest BCUT2D eigenvalue weighted by Crippen LogP contribution is -2.32. The van der Waals surface area contributed by atoms with E-state index in [0.29, 0.717) is 0 Å². The standard InChI is InChI=1S/C19H32N2.2ClH/c1-19(2,3)18-10-8-17(9-11-18)16-20-12-15-21-13-6-4-5-7-14-21;;/h8-11,20H,4-7,12-16H2,1-3H3;2*1H. The van der Waals surface area contributed by atoms with E-state index >= 15 is 0 Å². The molecule has 1 aliphatic heterocycles. The second-order valence-corrected chi connectivity index (χ2v) is 7.38. The highest BCUT2D eigenvalue weighted by Gasteiger charge is 2.12. The Bertz CT molecular complexity index is 404. The van der Waals surface area contributed by atoms with Crippen molar-refractivity contribution in [2.24, 2.45) is 0 Å². The number of hydrogen-bond acceptors (Lipinski definition) is 2. The van der Waals surface area contributed by atoms with Gasteiger partial charge in [-0.25, -0.2) is 0 Å². The van der Waals surface area contributed by atoms with Gasteiger partial charge < -0.3 is 10.2 Å². The molecule has 1 heterocycles. The van der Waals surface area contributed by atoms with Crippen LogP contribution in [0.25, 0.3) is 0 Å². The predicted molar refractivity (Wildman–Crippen MR) is 106 cm³/mol. The van der Waals surface area contributed by atoms with Gasteiger partial charge in [-0.1, -0.05) is 57.9 Å². The van der Waals surface area contributed by atoms with Gasteiger partial charge in [-0.05, 0) is 42.5 Å². The number of halogens is 2. The van der Waals surface area contributed by atoms with Crippen LogP contribution in [0.4, 0.5) is 0 Å². The van der Waals surface area contributed by atoms with Crippen LogP contribution in [0.1, 0.15) is 57.6 Å². The van der Waals surface area contributed by atoms with Crippen molar-refractivity contribution in [3.8, 4) is 0 Å². The fourth-order valence-corrected chi connectivity index (χ4v) is 2.95. The molecule has 1 aromatic rings. The van der Waals surface area contributed by atoms with Gasteiger partial charge in [0, 0.05) is 19.6 Å². The molecule has 2 nitrogen and oxygen atoms in total. The molecule has 0 bridgehead atoms. The van der Waals surface area contributed by atoms with E-state index in [1.807, 2.05) is 0 Å². The van der Waals surface area contributed by atoms with E-state index in [-0.39, 0.29) is 30.2 Å². The molecule has 23 heavy (non-hydrogen) atoms. The number of benzene rings is 1. The first-order chi connectivity index (χ1) is 10.1. The Labute approximate surface area is 155 Å². The van der Waals surface area contributed by atoms with Gasteiger partial charge in [-0.3, -0.25) is 0 Å². The minimum atomic E-state index is 0. The summed E-state index contributed by atoms with van der Waals surface area (Å²) >= 11 is 0. The third kappa shape index (κ3) is 8.39. The Hall–Kier alpha value is -0.280. The van der Waals surface area contributed by atoms with Crippen molar-refractivity contribution in [1.82, 2.24) is 10.2 Å². The Morgan fingerprint density at radius 3 is 2.00 bits per heavy atom. The van der Waals surface area contributed by atoms with Crippen LogP contribution in [0.5, 0.6) is 0 Å². The monoisotopic (exact) mass is 360 g/mol. The number of nitrogens with one attached hydrogen (secondary N) is 1. The third-order valence-corrected chi connectivity index (χ3v) is 4.45. The zero-order chi connectivity index (χ0) is 15.1. The summed E-state index contributed by atoms with van der Waals surface area (Å²) in [6.07, 6.45) is 5.61. The van der Waals surface area contributed by atoms with Crippen LogP contribution in [-0.4, -0.2) is 31.1 Å². The molecule has 0 radical (unpaired) electrons. The zero-order valence-corrected chi connectivity index (χ0v) is 16.6. The first-order valence-electron chi connectivity index (χ1n) is 8.58. The summed E-state index contributed by atoms with van der Waals surface area (Å²) in [5.41, 5.74) is 3.05. The molecule has 4 heteroatoms. The Kier molecular flexibility index (Phi) is 11.2. The largest absolute Gasteiger partial charge is 0.311 e. The van der Waals surface area contributed by atoms with Crippen LogP contribution < -0.4 is 5.32 Å². The van der Waals surface area contributed by atoms with E-state index < -0.39 is 0 Å². The zero-order valence-electron chi connectivity index (χ0n) is 14.9. The summed E-state index contributed by atoms with van der Waals surface area (Å²) in [4.78, 5) is 2.61. The summed E-state index contributed by atoms with van der Waals surface area (Å²) in [5.74, 6) is 0. The molecule has 1 saturated heterocycles. The lowest BCUT2D eigenvalue weighted by Gasteiger charge is -2.20. The van der Waals surface area contributed by atoms with Crippen molar-refractivity contribution >= 4 is 24.8 Å². The molecule has 1 N–H and O–H groups in total. The molecular weight excluding hydrogens is 327 g/mol. The fraction of sp³-hybridized carbons (Fsp3) is 0.684. The highest BCUT2D eigenvalue weighted by molar-refractivity contribution is 5.85. The number of hydrogen-bond donors (Lipinski definition) is 1. The normalized spacial score (nSPS) is 16.1. The average molecular weight is 361 g/mol. The second-order valence-electron chi connectivity index (χ2n) is 7.38. The van der Waals surface area contributed by atoms with Crippen molar-refractivity contribution in [3.05, 3.63) is 35.4 Å². The molecule has 0 aromatic heterocycles. The topological polar surface area (TPSA) is 15.3 Å². The minimum absolute atomic E-state index is 0. The van der Waals surface area contributed by atoms with Crippen LogP contribution in [0.3, 0.4) is 0 Å². The summed E-state index contributed by atoms with van der Waals surface area (Å²) in [7, 11) is 0. The maximum Gasteiger partial charge on any atom is 0.0206 e. The lowest BCUT2D eigenvalue weighted by atomic mass is 9.87. The quantitative estimate of drug-likeness (QED) is 0.759. The van der Waals surface area contributed by atoms with Gasteiger partial charge in [0.15, 0.2) is 0 Å². The van der Waals surface area contributed by atoms with Crippen LogP contribution >= 0.6 is 24.8 Å². The van der Waals surface area contributed by atoms with Crippen molar-refractivity contribution in [2.75, 3.05) is 26.2 Å².